The van der Waals surface area contributed by atoms with Crippen molar-refractivity contribution in [1.82, 2.24) is 4.98 Å². The lowest BCUT2D eigenvalue weighted by Gasteiger charge is -2.09. The summed E-state index contributed by atoms with van der Waals surface area (Å²) in [6, 6.07) is 2.13. The van der Waals surface area contributed by atoms with E-state index < -0.39 is 23.3 Å². The maximum Gasteiger partial charge on any atom is 0.419 e. The van der Waals surface area contributed by atoms with Crippen LogP contribution in [0.4, 0.5) is 17.6 Å². The van der Waals surface area contributed by atoms with Crippen LogP contribution in [-0.2, 0) is 6.18 Å². The van der Waals surface area contributed by atoms with Crippen molar-refractivity contribution in [2.24, 2.45) is 0 Å². The monoisotopic (exact) mass is 275 g/mol. The molecule has 0 fully saturated rings. The van der Waals surface area contributed by atoms with E-state index in [2.05, 4.69) is 4.98 Å². The molecule has 0 amide bonds. The molecule has 0 N–H and O–H groups in total. The lowest BCUT2D eigenvalue weighted by atomic mass is 10.0. The van der Waals surface area contributed by atoms with Crippen LogP contribution in [0.5, 0.6) is 0 Å². The van der Waals surface area contributed by atoms with Gasteiger partial charge in [0, 0.05) is 10.9 Å². The molecule has 0 saturated carbocycles. The van der Waals surface area contributed by atoms with Crippen molar-refractivity contribution in [3.63, 3.8) is 0 Å². The second kappa shape index (κ2) is 4.49. The summed E-state index contributed by atoms with van der Waals surface area (Å²) >= 11 is 1.15. The lowest BCUT2D eigenvalue weighted by Crippen LogP contribution is -2.11. The van der Waals surface area contributed by atoms with E-state index in [9.17, 15) is 22.4 Å². The van der Waals surface area contributed by atoms with E-state index in [0.717, 1.165) is 17.4 Å². The molecular formula is C11H5F4NOS. The van der Waals surface area contributed by atoms with E-state index >= 15 is 0 Å². The van der Waals surface area contributed by atoms with Crippen molar-refractivity contribution in [3.05, 3.63) is 51.7 Å². The zero-order valence-corrected chi connectivity index (χ0v) is 9.48. The van der Waals surface area contributed by atoms with E-state index in [1.54, 1.807) is 0 Å². The number of alkyl halides is 3. The molecular weight excluding hydrogens is 270 g/mol. The standard InChI is InChI=1S/C11H5F4NOS/c12-8-2-1-6(3-7(8)11(13,14)15)10(17)9-4-18-5-16-9/h1-5H. The molecule has 2 aromatic rings. The minimum absolute atomic E-state index is 0.0414. The Morgan fingerprint density at radius 2 is 2.00 bits per heavy atom. The molecule has 2 rings (SSSR count). The average molecular weight is 275 g/mol. The van der Waals surface area contributed by atoms with Gasteiger partial charge in [-0.15, -0.1) is 11.3 Å². The van der Waals surface area contributed by atoms with Gasteiger partial charge in [0.1, 0.15) is 11.5 Å². The summed E-state index contributed by atoms with van der Waals surface area (Å²) in [4.78, 5) is 15.5. The highest BCUT2D eigenvalue weighted by Gasteiger charge is 2.34. The molecule has 7 heteroatoms. The zero-order valence-electron chi connectivity index (χ0n) is 8.66. The van der Waals surface area contributed by atoms with Crippen molar-refractivity contribution in [2.45, 2.75) is 6.18 Å². The van der Waals surface area contributed by atoms with E-state index in [-0.39, 0.29) is 11.3 Å². The highest BCUT2D eigenvalue weighted by Crippen LogP contribution is 2.32. The predicted octanol–water partition coefficient (Wildman–Crippen LogP) is 3.53. The molecule has 1 aromatic carbocycles. The van der Waals surface area contributed by atoms with Crippen LogP contribution in [0.1, 0.15) is 21.6 Å². The van der Waals surface area contributed by atoms with Gasteiger partial charge in [-0.25, -0.2) is 9.37 Å². The molecule has 94 valence electrons. The summed E-state index contributed by atoms with van der Waals surface area (Å²) in [5.74, 6) is -2.07. The van der Waals surface area contributed by atoms with Crippen molar-refractivity contribution >= 4 is 17.1 Å². The Labute approximate surface area is 103 Å². The van der Waals surface area contributed by atoms with E-state index in [1.807, 2.05) is 0 Å². The Hall–Kier alpha value is -1.76. The first-order valence-corrected chi connectivity index (χ1v) is 5.63. The van der Waals surface area contributed by atoms with Crippen molar-refractivity contribution in [2.75, 3.05) is 0 Å². The molecule has 0 bridgehead atoms. The van der Waals surface area contributed by atoms with E-state index in [0.29, 0.717) is 12.1 Å². The first-order chi connectivity index (χ1) is 8.39. The number of hydrogen-bond acceptors (Lipinski definition) is 3. The van der Waals surface area contributed by atoms with Crippen LogP contribution in [0.15, 0.2) is 29.1 Å². The largest absolute Gasteiger partial charge is 0.419 e. The van der Waals surface area contributed by atoms with Crippen LogP contribution in [-0.4, -0.2) is 10.8 Å². The average Bonchev–Trinajstić information content (AvgIpc) is 2.80. The van der Waals surface area contributed by atoms with E-state index in [4.69, 9.17) is 0 Å². The Morgan fingerprint density at radius 1 is 1.28 bits per heavy atom. The molecule has 0 spiro atoms. The predicted molar refractivity (Wildman–Crippen MR) is 56.9 cm³/mol. The molecule has 0 aliphatic rings. The fraction of sp³-hybridized carbons (Fsp3) is 0.0909. The van der Waals surface area contributed by atoms with Crippen LogP contribution in [0.2, 0.25) is 0 Å². The molecule has 1 aromatic heterocycles. The smallest absolute Gasteiger partial charge is 0.287 e. The number of aromatic nitrogens is 1. The highest BCUT2D eigenvalue weighted by molar-refractivity contribution is 7.07. The van der Waals surface area contributed by atoms with Crippen LogP contribution >= 0.6 is 11.3 Å². The SMILES string of the molecule is O=C(c1ccc(F)c(C(F)(F)F)c1)c1cscn1. The van der Waals surface area contributed by atoms with Gasteiger partial charge in [-0.3, -0.25) is 4.79 Å². The van der Waals surface area contributed by atoms with Gasteiger partial charge in [-0.1, -0.05) is 0 Å². The summed E-state index contributed by atoms with van der Waals surface area (Å²) in [6.07, 6.45) is -4.83. The quantitative estimate of drug-likeness (QED) is 0.620. The summed E-state index contributed by atoms with van der Waals surface area (Å²) in [6.45, 7) is 0. The fourth-order valence-corrected chi connectivity index (χ4v) is 1.89. The Morgan fingerprint density at radius 3 is 2.56 bits per heavy atom. The number of hydrogen-bond donors (Lipinski definition) is 0. The number of ketones is 1. The van der Waals surface area contributed by atoms with Crippen LogP contribution in [0.3, 0.4) is 0 Å². The molecule has 0 unspecified atom stereocenters. The minimum atomic E-state index is -4.83. The molecule has 0 saturated heterocycles. The molecule has 0 atom stereocenters. The first kappa shape index (κ1) is 12.7. The zero-order chi connectivity index (χ0) is 13.3. The van der Waals surface area contributed by atoms with Gasteiger partial charge in [-0.2, -0.15) is 13.2 Å². The minimum Gasteiger partial charge on any atom is -0.287 e. The first-order valence-electron chi connectivity index (χ1n) is 4.69. The van der Waals surface area contributed by atoms with Crippen molar-refractivity contribution in [1.29, 1.82) is 0 Å². The van der Waals surface area contributed by atoms with Gasteiger partial charge in [0.05, 0.1) is 11.1 Å². The number of thiazole rings is 1. The lowest BCUT2D eigenvalue weighted by molar-refractivity contribution is -0.140. The van der Waals surface area contributed by atoms with Gasteiger partial charge in [-0.05, 0) is 18.2 Å². The normalized spacial score (nSPS) is 11.6. The third-order valence-electron chi connectivity index (χ3n) is 2.20. The molecule has 0 aliphatic carbocycles. The third kappa shape index (κ3) is 2.40. The highest BCUT2D eigenvalue weighted by atomic mass is 32.1. The van der Waals surface area contributed by atoms with E-state index in [1.165, 1.54) is 10.9 Å². The van der Waals surface area contributed by atoms with Crippen molar-refractivity contribution in [3.8, 4) is 0 Å². The van der Waals surface area contributed by atoms with Crippen LogP contribution in [0.25, 0.3) is 0 Å². The maximum absolute atomic E-state index is 13.0. The summed E-state index contributed by atoms with van der Waals surface area (Å²) in [7, 11) is 0. The van der Waals surface area contributed by atoms with Crippen LogP contribution < -0.4 is 0 Å². The number of halogens is 4. The Bertz CT molecular complexity index is 577. The second-order valence-corrected chi connectivity index (χ2v) is 4.11. The number of carbonyl (C=O) groups is 1. The fourth-order valence-electron chi connectivity index (χ4n) is 1.36. The molecule has 0 radical (unpaired) electrons. The number of rotatable bonds is 2. The summed E-state index contributed by atoms with van der Waals surface area (Å²) in [5.41, 5.74) is -0.264. The molecule has 1 heterocycles. The molecule has 18 heavy (non-hydrogen) atoms. The molecule has 2 nitrogen and oxygen atoms in total. The summed E-state index contributed by atoms with van der Waals surface area (Å²) in [5, 5.41) is 1.42. The van der Waals surface area contributed by atoms with Gasteiger partial charge < -0.3 is 0 Å². The second-order valence-electron chi connectivity index (χ2n) is 3.40. The number of nitrogens with zero attached hydrogens (tertiary/aromatic N) is 1. The van der Waals surface area contributed by atoms with Gasteiger partial charge >= 0.3 is 6.18 Å². The summed E-state index contributed by atoms with van der Waals surface area (Å²) < 4.78 is 50.4. The van der Waals surface area contributed by atoms with Crippen molar-refractivity contribution < 1.29 is 22.4 Å². The maximum atomic E-state index is 13.0. The van der Waals surface area contributed by atoms with Gasteiger partial charge in [0.15, 0.2) is 0 Å². The topological polar surface area (TPSA) is 30.0 Å². The Kier molecular flexibility index (Phi) is 3.16. The van der Waals surface area contributed by atoms with Crippen LogP contribution in [0, 0.1) is 5.82 Å². The third-order valence-corrected chi connectivity index (χ3v) is 2.79. The Balaban J connectivity index is 2.45. The number of benzene rings is 1. The molecule has 0 aliphatic heterocycles. The van der Waals surface area contributed by atoms with Gasteiger partial charge in [0.2, 0.25) is 5.78 Å². The number of carbonyl (C=O) groups excluding carboxylic acids is 1. The van der Waals surface area contributed by atoms with Gasteiger partial charge in [0.25, 0.3) is 0 Å².